The van der Waals surface area contributed by atoms with Crippen molar-refractivity contribution in [3.05, 3.63) is 108 Å². The molecule has 5 aromatic rings. The molecule has 41 heavy (non-hydrogen) atoms. The minimum atomic E-state index is -4.17. The zero-order chi connectivity index (χ0) is 29.0. The maximum atomic E-state index is 13.8. The molecule has 0 aliphatic heterocycles. The molecule has 0 unspecified atom stereocenters. The van der Waals surface area contributed by atoms with E-state index in [0.717, 1.165) is 37.0 Å². The molecule has 0 saturated carbocycles. The van der Waals surface area contributed by atoms with Gasteiger partial charge in [-0.25, -0.2) is 13.8 Å². The predicted octanol–water partition coefficient (Wildman–Crippen LogP) is 5.66. The van der Waals surface area contributed by atoms with E-state index in [-0.39, 0.29) is 16.3 Å². The van der Waals surface area contributed by atoms with E-state index in [2.05, 4.69) is 16.6 Å². The van der Waals surface area contributed by atoms with E-state index in [1.54, 1.807) is 30.5 Å². The summed E-state index contributed by atoms with van der Waals surface area (Å²) >= 11 is 0. The molecular weight excluding hydrogens is 538 g/mol. The highest BCUT2D eigenvalue weighted by Gasteiger charge is 2.30. The van der Waals surface area contributed by atoms with Crippen LogP contribution in [0.2, 0.25) is 0 Å². The van der Waals surface area contributed by atoms with Crippen LogP contribution in [0.4, 0.5) is 5.69 Å². The number of nitrogens with zero attached hydrogens (tertiary/aromatic N) is 2. The van der Waals surface area contributed by atoms with Crippen LogP contribution in [0.5, 0.6) is 11.5 Å². The molecule has 0 aromatic heterocycles. The van der Waals surface area contributed by atoms with Crippen LogP contribution in [0, 0.1) is 6.92 Å². The number of methoxy groups -OCH3 is 2. The Bertz CT molecular complexity index is 1810. The molecule has 0 saturated heterocycles. The molecule has 0 atom stereocenters. The number of hydrazone groups is 1. The lowest BCUT2D eigenvalue weighted by atomic mass is 9.97. The van der Waals surface area contributed by atoms with Crippen molar-refractivity contribution >= 4 is 49.4 Å². The van der Waals surface area contributed by atoms with Gasteiger partial charge in [0.05, 0.1) is 31.0 Å². The highest BCUT2D eigenvalue weighted by atomic mass is 32.2. The second-order valence-corrected chi connectivity index (χ2v) is 11.3. The SMILES string of the molecule is COc1ccc(OC)c(N(CC(=O)N/N=C\c2c3ccccc3cc3ccccc23)S(=O)(=O)c2ccc(C)cc2)c1. The van der Waals surface area contributed by atoms with E-state index in [4.69, 9.17) is 9.47 Å². The highest BCUT2D eigenvalue weighted by molar-refractivity contribution is 7.92. The van der Waals surface area contributed by atoms with Crippen molar-refractivity contribution in [2.24, 2.45) is 5.10 Å². The van der Waals surface area contributed by atoms with Gasteiger partial charge in [0.15, 0.2) is 0 Å². The third-order valence-corrected chi connectivity index (χ3v) is 8.52. The lowest BCUT2D eigenvalue weighted by molar-refractivity contribution is -0.119. The number of carbonyl (C=O) groups excluding carboxylic acids is 1. The van der Waals surface area contributed by atoms with Gasteiger partial charge in [-0.15, -0.1) is 0 Å². The van der Waals surface area contributed by atoms with Gasteiger partial charge in [0, 0.05) is 11.6 Å². The molecule has 0 aliphatic rings. The number of ether oxygens (including phenoxy) is 2. The summed E-state index contributed by atoms with van der Waals surface area (Å²) in [5.74, 6) is 0.0394. The van der Waals surface area contributed by atoms with E-state index in [1.165, 1.54) is 32.4 Å². The molecule has 9 heteroatoms. The summed E-state index contributed by atoms with van der Waals surface area (Å²) in [5.41, 5.74) is 4.42. The number of sulfonamides is 1. The molecule has 1 N–H and O–H groups in total. The standard InChI is InChI=1S/C32H29N3O5S/c1-22-12-15-26(16-13-22)41(37,38)35(30-19-25(39-2)14-17-31(30)40-3)21-32(36)34-33-20-29-27-10-6-4-8-23(27)18-24-9-5-7-11-28(24)29/h4-20H,21H2,1-3H3,(H,34,36)/b33-20-. The third kappa shape index (κ3) is 5.71. The number of benzene rings is 5. The molecule has 0 aliphatic carbocycles. The maximum Gasteiger partial charge on any atom is 0.264 e. The Morgan fingerprint density at radius 2 is 1.49 bits per heavy atom. The van der Waals surface area contributed by atoms with Crippen LogP contribution in [-0.2, 0) is 14.8 Å². The van der Waals surface area contributed by atoms with Gasteiger partial charge in [0.25, 0.3) is 15.9 Å². The minimum absolute atomic E-state index is 0.0338. The fraction of sp³-hybridized carbons (Fsp3) is 0.125. The smallest absolute Gasteiger partial charge is 0.264 e. The van der Waals surface area contributed by atoms with Crippen molar-refractivity contribution in [3.8, 4) is 11.5 Å². The summed E-state index contributed by atoms with van der Waals surface area (Å²) in [6.07, 6.45) is 1.59. The second-order valence-electron chi connectivity index (χ2n) is 9.39. The van der Waals surface area contributed by atoms with Crippen LogP contribution in [0.25, 0.3) is 21.5 Å². The Labute approximate surface area is 238 Å². The van der Waals surface area contributed by atoms with Crippen LogP contribution >= 0.6 is 0 Å². The summed E-state index contributed by atoms with van der Waals surface area (Å²) in [6.45, 7) is 1.32. The number of anilines is 1. The van der Waals surface area contributed by atoms with Crippen molar-refractivity contribution in [2.75, 3.05) is 25.1 Å². The van der Waals surface area contributed by atoms with Crippen LogP contribution in [0.1, 0.15) is 11.1 Å². The van der Waals surface area contributed by atoms with Gasteiger partial charge in [0.2, 0.25) is 0 Å². The normalized spacial score (nSPS) is 11.6. The first-order valence-electron chi connectivity index (χ1n) is 12.9. The Balaban J connectivity index is 1.49. The van der Waals surface area contributed by atoms with Crippen molar-refractivity contribution in [1.29, 1.82) is 0 Å². The molecule has 5 rings (SSSR count). The van der Waals surface area contributed by atoms with Crippen molar-refractivity contribution in [2.45, 2.75) is 11.8 Å². The summed E-state index contributed by atoms with van der Waals surface area (Å²) in [7, 11) is -1.27. The van der Waals surface area contributed by atoms with Gasteiger partial charge in [-0.05, 0) is 58.8 Å². The third-order valence-electron chi connectivity index (χ3n) is 6.75. The Hall–Kier alpha value is -4.89. The average molecular weight is 568 g/mol. The molecule has 0 fully saturated rings. The van der Waals surface area contributed by atoms with Crippen molar-refractivity contribution in [3.63, 3.8) is 0 Å². The fourth-order valence-electron chi connectivity index (χ4n) is 4.65. The molecule has 0 heterocycles. The number of carbonyl (C=O) groups is 1. The molecule has 8 nitrogen and oxygen atoms in total. The average Bonchev–Trinajstić information content (AvgIpc) is 2.99. The van der Waals surface area contributed by atoms with Crippen LogP contribution in [0.15, 0.2) is 107 Å². The van der Waals surface area contributed by atoms with Gasteiger partial charge in [-0.2, -0.15) is 5.10 Å². The monoisotopic (exact) mass is 567 g/mol. The van der Waals surface area contributed by atoms with Gasteiger partial charge in [-0.3, -0.25) is 9.10 Å². The zero-order valence-corrected chi connectivity index (χ0v) is 23.7. The molecule has 0 bridgehead atoms. The van der Waals surface area contributed by atoms with E-state index >= 15 is 0 Å². The highest BCUT2D eigenvalue weighted by Crippen LogP contribution is 2.35. The number of aryl methyl sites for hydroxylation is 1. The molecule has 5 aromatic carbocycles. The summed E-state index contributed by atoms with van der Waals surface area (Å²) in [4.78, 5) is 13.3. The second kappa shape index (κ2) is 11.7. The topological polar surface area (TPSA) is 97.3 Å². The van der Waals surface area contributed by atoms with Crippen molar-refractivity contribution < 1.29 is 22.7 Å². The molecular formula is C32H29N3O5S. The van der Waals surface area contributed by atoms with Gasteiger partial charge in [-0.1, -0.05) is 66.2 Å². The number of hydrogen-bond acceptors (Lipinski definition) is 6. The molecule has 208 valence electrons. The van der Waals surface area contributed by atoms with E-state index in [0.29, 0.717) is 5.75 Å². The largest absolute Gasteiger partial charge is 0.497 e. The maximum absolute atomic E-state index is 13.8. The van der Waals surface area contributed by atoms with Crippen LogP contribution < -0.4 is 19.2 Å². The minimum Gasteiger partial charge on any atom is -0.497 e. The summed E-state index contributed by atoms with van der Waals surface area (Å²) in [5, 5.41) is 8.27. The van der Waals surface area contributed by atoms with E-state index in [1.807, 2.05) is 55.5 Å². The number of rotatable bonds is 9. The number of fused-ring (bicyclic) bond motifs is 2. The lowest BCUT2D eigenvalue weighted by Crippen LogP contribution is -2.39. The Morgan fingerprint density at radius 3 is 2.10 bits per heavy atom. The van der Waals surface area contributed by atoms with Crippen LogP contribution in [-0.4, -0.2) is 41.3 Å². The van der Waals surface area contributed by atoms with Crippen molar-refractivity contribution in [1.82, 2.24) is 5.43 Å². The Kier molecular flexibility index (Phi) is 7.89. The van der Waals surface area contributed by atoms with Crippen LogP contribution in [0.3, 0.4) is 0 Å². The first-order valence-corrected chi connectivity index (χ1v) is 14.3. The number of amides is 1. The fourth-order valence-corrected chi connectivity index (χ4v) is 6.07. The number of hydrogen-bond donors (Lipinski definition) is 1. The summed E-state index contributed by atoms with van der Waals surface area (Å²) < 4.78 is 39.5. The van der Waals surface area contributed by atoms with E-state index < -0.39 is 22.5 Å². The van der Waals surface area contributed by atoms with Gasteiger partial charge in [0.1, 0.15) is 18.0 Å². The lowest BCUT2D eigenvalue weighted by Gasteiger charge is -2.25. The molecule has 1 amide bonds. The predicted molar refractivity (Wildman–Crippen MR) is 162 cm³/mol. The zero-order valence-electron chi connectivity index (χ0n) is 22.9. The molecule has 0 radical (unpaired) electrons. The van der Waals surface area contributed by atoms with Gasteiger partial charge >= 0.3 is 0 Å². The van der Waals surface area contributed by atoms with E-state index in [9.17, 15) is 13.2 Å². The van der Waals surface area contributed by atoms with Gasteiger partial charge < -0.3 is 9.47 Å². The quantitative estimate of drug-likeness (QED) is 0.141. The Morgan fingerprint density at radius 1 is 0.854 bits per heavy atom. The number of nitrogens with one attached hydrogen (secondary N) is 1. The first kappa shape index (κ1) is 27.7. The summed E-state index contributed by atoms with van der Waals surface area (Å²) in [6, 6.07) is 29.1. The first-order chi connectivity index (χ1) is 19.8. The molecule has 0 spiro atoms.